The van der Waals surface area contributed by atoms with Gasteiger partial charge >= 0.3 is 0 Å². The van der Waals surface area contributed by atoms with E-state index in [1.165, 1.54) is 114 Å². The molecular weight excluding hydrogens is 685 g/mol. The van der Waals surface area contributed by atoms with E-state index in [1.54, 1.807) is 0 Å². The summed E-state index contributed by atoms with van der Waals surface area (Å²) in [6.07, 6.45) is 0. The predicted molar refractivity (Wildman–Crippen MR) is 235 cm³/mol. The fraction of sp³-hybridized carbons (Fsp3) is 0. The summed E-state index contributed by atoms with van der Waals surface area (Å²) in [7, 11) is 0. The lowest BCUT2D eigenvalue weighted by Crippen LogP contribution is -1.96. The fourth-order valence-electron chi connectivity index (χ4n) is 9.70. The van der Waals surface area contributed by atoms with E-state index < -0.39 is 0 Å². The highest BCUT2D eigenvalue weighted by atomic mass is 32.1. The van der Waals surface area contributed by atoms with Gasteiger partial charge in [-0.15, -0.1) is 11.3 Å². The Hall–Kier alpha value is -6.94. The van der Waals surface area contributed by atoms with Crippen molar-refractivity contribution in [3.63, 3.8) is 0 Å². The van der Waals surface area contributed by atoms with E-state index in [0.717, 1.165) is 5.69 Å². The van der Waals surface area contributed by atoms with E-state index in [0.29, 0.717) is 0 Å². The number of thiophene rings is 1. The van der Waals surface area contributed by atoms with Crippen LogP contribution in [0.3, 0.4) is 0 Å². The maximum Gasteiger partial charge on any atom is 0.0553 e. The van der Waals surface area contributed by atoms with E-state index in [1.807, 2.05) is 11.3 Å². The number of aromatic nitrogens is 2. The van der Waals surface area contributed by atoms with Crippen LogP contribution in [-0.2, 0) is 0 Å². The van der Waals surface area contributed by atoms with Crippen LogP contribution in [0.2, 0.25) is 0 Å². The van der Waals surface area contributed by atoms with Crippen LogP contribution in [0.25, 0.3) is 119 Å². The molecule has 3 aromatic heterocycles. The van der Waals surface area contributed by atoms with Crippen LogP contribution in [0.1, 0.15) is 0 Å². The highest BCUT2D eigenvalue weighted by Crippen LogP contribution is 2.51. The summed E-state index contributed by atoms with van der Waals surface area (Å²) in [6, 6.07) is 67.7. The molecule has 3 heterocycles. The predicted octanol–water partition coefficient (Wildman–Crippen LogP) is 14.7. The third-order valence-corrected chi connectivity index (χ3v) is 13.2. The first kappa shape index (κ1) is 29.5. The average Bonchev–Trinajstić information content (AvgIpc) is 3.98. The van der Waals surface area contributed by atoms with Gasteiger partial charge in [0.05, 0.1) is 22.1 Å². The zero-order valence-corrected chi connectivity index (χ0v) is 30.4. The van der Waals surface area contributed by atoms with Gasteiger partial charge in [0.1, 0.15) is 0 Å². The number of fused-ring (bicyclic) bond motifs is 13. The van der Waals surface area contributed by atoms with Crippen LogP contribution in [0, 0.1) is 0 Å². The van der Waals surface area contributed by atoms with Gasteiger partial charge in [0.25, 0.3) is 0 Å². The van der Waals surface area contributed by atoms with Crippen LogP contribution in [0.15, 0.2) is 182 Å². The lowest BCUT2D eigenvalue weighted by Gasteiger charge is -2.11. The van der Waals surface area contributed by atoms with Gasteiger partial charge in [0.15, 0.2) is 0 Å². The quantitative estimate of drug-likeness (QED) is 0.172. The second-order valence-electron chi connectivity index (χ2n) is 14.9. The van der Waals surface area contributed by atoms with Crippen molar-refractivity contribution in [3.8, 4) is 44.8 Å². The molecule has 0 aliphatic heterocycles. The Bertz CT molecular complexity index is 3600. The van der Waals surface area contributed by atoms with Crippen molar-refractivity contribution in [1.82, 2.24) is 9.13 Å². The molecule has 9 aromatic carbocycles. The molecule has 3 heteroatoms. The molecule has 0 N–H and O–H groups in total. The number of para-hydroxylation sites is 2. The highest BCUT2D eigenvalue weighted by molar-refractivity contribution is 7.25. The molecule has 1 aliphatic carbocycles. The van der Waals surface area contributed by atoms with Crippen LogP contribution < -0.4 is 0 Å². The summed E-state index contributed by atoms with van der Waals surface area (Å²) in [6.45, 7) is 0. The third kappa shape index (κ3) is 3.97. The minimum Gasteiger partial charge on any atom is -0.309 e. The summed E-state index contributed by atoms with van der Waals surface area (Å²) in [4.78, 5) is 0. The minimum atomic E-state index is 1.16. The SMILES string of the molecule is c1ccc(-n2c3ccccc3c3cc(-n4c5ccc(-c6ccc7sc8ccccc8c7c6)cc5c5c6cccc7c6c(cc54)-c4ccccc4-7)ccc32)cc1. The Morgan fingerprint density at radius 2 is 0.909 bits per heavy atom. The maximum atomic E-state index is 2.52. The molecule has 55 heavy (non-hydrogen) atoms. The Labute approximate surface area is 320 Å². The van der Waals surface area contributed by atoms with Crippen LogP contribution in [-0.4, -0.2) is 9.13 Å². The molecule has 0 amide bonds. The molecule has 0 saturated heterocycles. The number of benzene rings is 9. The summed E-state index contributed by atoms with van der Waals surface area (Å²) in [5.74, 6) is 0. The zero-order valence-electron chi connectivity index (χ0n) is 29.6. The van der Waals surface area contributed by atoms with Gasteiger partial charge in [-0.25, -0.2) is 0 Å². The van der Waals surface area contributed by atoms with E-state index >= 15 is 0 Å². The second-order valence-corrected chi connectivity index (χ2v) is 15.9. The Morgan fingerprint density at radius 3 is 1.80 bits per heavy atom. The van der Waals surface area contributed by atoms with E-state index in [-0.39, 0.29) is 0 Å². The van der Waals surface area contributed by atoms with Crippen molar-refractivity contribution in [1.29, 1.82) is 0 Å². The van der Waals surface area contributed by atoms with Crippen molar-refractivity contribution in [3.05, 3.63) is 182 Å². The number of hydrogen-bond acceptors (Lipinski definition) is 1. The van der Waals surface area contributed by atoms with Gasteiger partial charge in [0, 0.05) is 53.1 Å². The molecule has 254 valence electrons. The molecule has 0 atom stereocenters. The summed E-state index contributed by atoms with van der Waals surface area (Å²) in [5.41, 5.74) is 14.9. The Kier molecular flexibility index (Phi) is 5.80. The van der Waals surface area contributed by atoms with Crippen LogP contribution >= 0.6 is 11.3 Å². The van der Waals surface area contributed by atoms with Crippen LogP contribution in [0.4, 0.5) is 0 Å². The van der Waals surface area contributed by atoms with E-state index in [2.05, 4.69) is 191 Å². The van der Waals surface area contributed by atoms with Crippen molar-refractivity contribution >= 4 is 85.9 Å². The number of hydrogen-bond donors (Lipinski definition) is 0. The average molecular weight is 715 g/mol. The first-order chi connectivity index (χ1) is 27.3. The van der Waals surface area contributed by atoms with E-state index in [4.69, 9.17) is 0 Å². The largest absolute Gasteiger partial charge is 0.309 e. The van der Waals surface area contributed by atoms with Gasteiger partial charge < -0.3 is 9.13 Å². The van der Waals surface area contributed by atoms with Gasteiger partial charge in [-0.3, -0.25) is 0 Å². The monoisotopic (exact) mass is 714 g/mol. The molecule has 0 bridgehead atoms. The fourth-order valence-corrected chi connectivity index (χ4v) is 10.8. The van der Waals surface area contributed by atoms with E-state index in [9.17, 15) is 0 Å². The topological polar surface area (TPSA) is 9.86 Å². The zero-order chi connectivity index (χ0) is 35.8. The summed E-state index contributed by atoms with van der Waals surface area (Å²) in [5, 5.41) is 10.4. The van der Waals surface area contributed by atoms with Gasteiger partial charge in [-0.05, 0) is 117 Å². The molecule has 12 aromatic rings. The third-order valence-electron chi connectivity index (χ3n) is 12.0. The molecule has 0 unspecified atom stereocenters. The molecule has 0 spiro atoms. The maximum absolute atomic E-state index is 2.52. The standard InChI is InChI=1S/C52H30N2S/c1-2-11-33(12-3-1)53-45-19-8-6-15-37(45)41-29-34(23-25-46(41)53)54-47-24-21-31(32-22-26-50-42(27-32)38-16-7-9-20-49(38)55-50)28-44(47)52-40-18-10-17-39-35-13-4-5-14-36(35)43(51(39)40)30-48(52)54/h1-30H. The highest BCUT2D eigenvalue weighted by Gasteiger charge is 2.26. The first-order valence-corrected chi connectivity index (χ1v) is 19.7. The van der Waals surface area contributed by atoms with Crippen LogP contribution in [0.5, 0.6) is 0 Å². The van der Waals surface area contributed by atoms with Gasteiger partial charge in [-0.2, -0.15) is 0 Å². The van der Waals surface area contributed by atoms with Crippen molar-refractivity contribution in [2.24, 2.45) is 0 Å². The number of nitrogens with zero attached hydrogens (tertiary/aromatic N) is 2. The van der Waals surface area contributed by atoms with Crippen molar-refractivity contribution in [2.75, 3.05) is 0 Å². The van der Waals surface area contributed by atoms with Gasteiger partial charge in [-0.1, -0.05) is 109 Å². The molecule has 2 nitrogen and oxygen atoms in total. The molecular formula is C52H30N2S. The van der Waals surface area contributed by atoms with Gasteiger partial charge in [0.2, 0.25) is 0 Å². The molecule has 0 fully saturated rings. The first-order valence-electron chi connectivity index (χ1n) is 18.9. The van der Waals surface area contributed by atoms with Crippen molar-refractivity contribution < 1.29 is 0 Å². The smallest absolute Gasteiger partial charge is 0.0553 e. The Morgan fingerprint density at radius 1 is 0.291 bits per heavy atom. The molecule has 0 saturated carbocycles. The van der Waals surface area contributed by atoms with Crippen molar-refractivity contribution in [2.45, 2.75) is 0 Å². The molecule has 13 rings (SSSR count). The lowest BCUT2D eigenvalue weighted by atomic mass is 9.96. The molecule has 0 radical (unpaired) electrons. The summed E-state index contributed by atoms with van der Waals surface area (Å²) >= 11 is 1.87. The lowest BCUT2D eigenvalue weighted by molar-refractivity contribution is 1.17. The second kappa shape index (κ2) is 10.8. The number of rotatable bonds is 3. The normalized spacial score (nSPS) is 12.4. The molecule has 1 aliphatic rings. The minimum absolute atomic E-state index is 1.16. The summed E-state index contributed by atoms with van der Waals surface area (Å²) < 4.78 is 7.58. The Balaban J connectivity index is 1.12.